The SMILES string of the molecule is CC(C)C[C@H]1[C@@H](c2nccs2)OC(C)(C)N1C(=O)OC(C)(C)C. The fraction of sp³-hybridized carbons (Fsp3) is 0.765. The van der Waals surface area contributed by atoms with Crippen LogP contribution in [0.2, 0.25) is 0 Å². The first-order valence-electron chi connectivity index (χ1n) is 8.11. The van der Waals surface area contributed by atoms with Crippen molar-refractivity contribution in [3.05, 3.63) is 16.6 Å². The quantitative estimate of drug-likeness (QED) is 0.807. The lowest BCUT2D eigenvalue weighted by Crippen LogP contribution is -2.50. The predicted molar refractivity (Wildman–Crippen MR) is 91.3 cm³/mol. The Kier molecular flexibility index (Phi) is 5.06. The summed E-state index contributed by atoms with van der Waals surface area (Å²) in [5.41, 5.74) is -1.26. The number of carbonyl (C=O) groups excluding carboxylic acids is 1. The van der Waals surface area contributed by atoms with Crippen LogP contribution in [0.1, 0.15) is 66.0 Å². The Labute approximate surface area is 143 Å². The van der Waals surface area contributed by atoms with Crippen LogP contribution in [0.4, 0.5) is 4.79 Å². The maximum Gasteiger partial charge on any atom is 0.412 e. The molecular weight excluding hydrogens is 312 g/mol. The fourth-order valence-electron chi connectivity index (χ4n) is 2.95. The monoisotopic (exact) mass is 340 g/mol. The lowest BCUT2D eigenvalue weighted by atomic mass is 9.98. The van der Waals surface area contributed by atoms with Gasteiger partial charge in [-0.2, -0.15) is 0 Å². The number of rotatable bonds is 3. The van der Waals surface area contributed by atoms with E-state index in [0.717, 1.165) is 11.4 Å². The predicted octanol–water partition coefficient (Wildman–Crippen LogP) is 4.60. The van der Waals surface area contributed by atoms with Crippen molar-refractivity contribution in [1.82, 2.24) is 9.88 Å². The normalized spacial score (nSPS) is 24.3. The van der Waals surface area contributed by atoms with Crippen molar-refractivity contribution in [2.75, 3.05) is 0 Å². The van der Waals surface area contributed by atoms with Crippen LogP contribution in [-0.2, 0) is 9.47 Å². The number of hydrogen-bond acceptors (Lipinski definition) is 5. The number of amides is 1. The molecule has 1 saturated heterocycles. The summed E-state index contributed by atoms with van der Waals surface area (Å²) in [6.07, 6.45) is 2.08. The molecule has 0 spiro atoms. The number of nitrogens with zero attached hydrogens (tertiary/aromatic N) is 2. The van der Waals surface area contributed by atoms with Crippen molar-refractivity contribution < 1.29 is 14.3 Å². The molecular formula is C17H28N2O3S. The van der Waals surface area contributed by atoms with Crippen molar-refractivity contribution in [3.63, 3.8) is 0 Å². The number of carbonyl (C=O) groups is 1. The van der Waals surface area contributed by atoms with Gasteiger partial charge in [0.05, 0.1) is 6.04 Å². The van der Waals surface area contributed by atoms with Gasteiger partial charge in [0.1, 0.15) is 22.4 Å². The molecule has 5 nitrogen and oxygen atoms in total. The molecule has 23 heavy (non-hydrogen) atoms. The molecule has 1 aliphatic heterocycles. The highest BCUT2D eigenvalue weighted by Gasteiger charge is 2.52. The summed E-state index contributed by atoms with van der Waals surface area (Å²) >= 11 is 1.56. The maximum atomic E-state index is 12.8. The van der Waals surface area contributed by atoms with Crippen molar-refractivity contribution in [1.29, 1.82) is 0 Å². The van der Waals surface area contributed by atoms with Crippen molar-refractivity contribution in [2.45, 2.75) is 78.4 Å². The smallest absolute Gasteiger partial charge is 0.412 e. The van der Waals surface area contributed by atoms with E-state index < -0.39 is 11.3 Å². The molecule has 1 aromatic heterocycles. The highest BCUT2D eigenvalue weighted by molar-refractivity contribution is 7.09. The summed E-state index contributed by atoms with van der Waals surface area (Å²) in [5.74, 6) is 0.435. The van der Waals surface area contributed by atoms with Gasteiger partial charge in [0.25, 0.3) is 0 Å². The van der Waals surface area contributed by atoms with Gasteiger partial charge in [-0.05, 0) is 47.0 Å². The standard InChI is InChI=1S/C17H28N2O3S/c1-11(2)10-12-13(14-18-8-9-23-14)21-17(6,7)19(12)15(20)22-16(3,4)5/h8-9,11-13H,10H2,1-7H3/t12-,13-/m0/s1. The van der Waals surface area contributed by atoms with E-state index in [2.05, 4.69) is 18.8 Å². The summed E-state index contributed by atoms with van der Waals surface area (Å²) in [6, 6.07) is -0.0778. The molecule has 1 amide bonds. The van der Waals surface area contributed by atoms with E-state index in [1.54, 1.807) is 22.4 Å². The first kappa shape index (κ1) is 18.2. The average Bonchev–Trinajstić information content (AvgIpc) is 2.92. The fourth-order valence-corrected chi connectivity index (χ4v) is 3.67. The van der Waals surface area contributed by atoms with Crippen molar-refractivity contribution in [2.24, 2.45) is 5.92 Å². The minimum atomic E-state index is -0.724. The summed E-state index contributed by atoms with van der Waals surface area (Å²) in [4.78, 5) is 18.9. The lowest BCUT2D eigenvalue weighted by molar-refractivity contribution is -0.0797. The van der Waals surface area contributed by atoms with Crippen molar-refractivity contribution >= 4 is 17.4 Å². The number of ether oxygens (including phenoxy) is 2. The number of hydrogen-bond donors (Lipinski definition) is 0. The van der Waals surface area contributed by atoms with Crippen LogP contribution in [0.5, 0.6) is 0 Å². The second-order valence-electron chi connectivity index (χ2n) is 7.90. The van der Waals surface area contributed by atoms with Crippen LogP contribution in [0.3, 0.4) is 0 Å². The Morgan fingerprint density at radius 1 is 1.48 bits per heavy atom. The van der Waals surface area contributed by atoms with Gasteiger partial charge in [-0.1, -0.05) is 13.8 Å². The van der Waals surface area contributed by atoms with Gasteiger partial charge in [-0.3, -0.25) is 4.90 Å². The highest BCUT2D eigenvalue weighted by atomic mass is 32.1. The molecule has 0 saturated carbocycles. The zero-order valence-corrected chi connectivity index (χ0v) is 15.9. The van der Waals surface area contributed by atoms with Crippen molar-refractivity contribution in [3.8, 4) is 0 Å². The molecule has 0 aromatic carbocycles. The summed E-state index contributed by atoms with van der Waals surface area (Å²) in [7, 11) is 0. The molecule has 0 bridgehead atoms. The third-order valence-electron chi connectivity index (χ3n) is 3.67. The molecule has 1 aromatic rings. The Hall–Kier alpha value is -1.14. The molecule has 0 radical (unpaired) electrons. The Morgan fingerprint density at radius 2 is 2.13 bits per heavy atom. The van der Waals surface area contributed by atoms with Gasteiger partial charge in [-0.25, -0.2) is 9.78 Å². The first-order chi connectivity index (χ1) is 10.5. The third-order valence-corrected chi connectivity index (χ3v) is 4.51. The largest absolute Gasteiger partial charge is 0.444 e. The minimum absolute atomic E-state index is 0.0778. The second-order valence-corrected chi connectivity index (χ2v) is 8.83. The van der Waals surface area contributed by atoms with E-state index in [-0.39, 0.29) is 18.2 Å². The van der Waals surface area contributed by atoms with E-state index in [1.807, 2.05) is 40.0 Å². The Bertz CT molecular complexity index is 535. The minimum Gasteiger partial charge on any atom is -0.444 e. The van der Waals surface area contributed by atoms with Gasteiger partial charge < -0.3 is 9.47 Å². The van der Waals surface area contributed by atoms with Crippen LogP contribution in [-0.4, -0.2) is 33.3 Å². The molecule has 0 unspecified atom stereocenters. The third kappa shape index (κ3) is 4.23. The van der Waals surface area contributed by atoms with Crippen LogP contribution in [0.15, 0.2) is 11.6 Å². The molecule has 2 heterocycles. The van der Waals surface area contributed by atoms with Gasteiger partial charge in [0.2, 0.25) is 0 Å². The molecule has 0 N–H and O–H groups in total. The number of thiazole rings is 1. The van der Waals surface area contributed by atoms with Crippen LogP contribution >= 0.6 is 11.3 Å². The molecule has 2 rings (SSSR count). The van der Waals surface area contributed by atoms with E-state index in [9.17, 15) is 4.79 Å². The summed E-state index contributed by atoms with van der Waals surface area (Å²) in [6.45, 7) is 13.8. The molecule has 0 aliphatic carbocycles. The Balaban J connectivity index is 2.34. The lowest BCUT2D eigenvalue weighted by Gasteiger charge is -2.35. The molecule has 6 heteroatoms. The van der Waals surface area contributed by atoms with E-state index >= 15 is 0 Å². The van der Waals surface area contributed by atoms with E-state index in [0.29, 0.717) is 5.92 Å². The molecule has 2 atom stereocenters. The van der Waals surface area contributed by atoms with Crippen LogP contribution in [0, 0.1) is 5.92 Å². The van der Waals surface area contributed by atoms with E-state index in [4.69, 9.17) is 9.47 Å². The second kappa shape index (κ2) is 6.40. The summed E-state index contributed by atoms with van der Waals surface area (Å²) < 4.78 is 11.9. The topological polar surface area (TPSA) is 51.7 Å². The average molecular weight is 340 g/mol. The van der Waals surface area contributed by atoms with Gasteiger partial charge in [0, 0.05) is 11.6 Å². The summed E-state index contributed by atoms with van der Waals surface area (Å²) in [5, 5.41) is 2.85. The zero-order valence-electron chi connectivity index (χ0n) is 15.1. The first-order valence-corrected chi connectivity index (χ1v) is 8.99. The number of aromatic nitrogens is 1. The van der Waals surface area contributed by atoms with Crippen LogP contribution in [0.25, 0.3) is 0 Å². The van der Waals surface area contributed by atoms with Gasteiger partial charge >= 0.3 is 6.09 Å². The highest BCUT2D eigenvalue weighted by Crippen LogP contribution is 2.44. The molecule has 1 aliphatic rings. The molecule has 130 valence electrons. The van der Waals surface area contributed by atoms with Crippen LogP contribution < -0.4 is 0 Å². The van der Waals surface area contributed by atoms with Gasteiger partial charge in [0.15, 0.2) is 0 Å². The molecule has 1 fully saturated rings. The Morgan fingerprint density at radius 3 is 2.61 bits per heavy atom. The van der Waals surface area contributed by atoms with E-state index in [1.165, 1.54) is 0 Å². The maximum absolute atomic E-state index is 12.8. The zero-order chi connectivity index (χ0) is 17.4. The van der Waals surface area contributed by atoms with Gasteiger partial charge in [-0.15, -0.1) is 11.3 Å².